The van der Waals surface area contributed by atoms with Crippen molar-refractivity contribution >= 4 is 34.2 Å². The van der Waals surface area contributed by atoms with Crippen LogP contribution in [0.25, 0.3) is 16.6 Å². The molecular weight excluding hydrogens is 644 g/mol. The molecule has 266 valence electrons. The third kappa shape index (κ3) is 8.58. The summed E-state index contributed by atoms with van der Waals surface area (Å²) in [6.07, 6.45) is 3.61. The number of rotatable bonds is 12. The Labute approximate surface area is 299 Å². The lowest BCUT2D eigenvalue weighted by Crippen LogP contribution is -2.39. The summed E-state index contributed by atoms with van der Waals surface area (Å²) >= 11 is 0. The quantitative estimate of drug-likeness (QED) is 0.124. The lowest BCUT2D eigenvalue weighted by Gasteiger charge is -2.29. The number of benzene rings is 4. The van der Waals surface area contributed by atoms with Crippen LogP contribution in [0.4, 0.5) is 16.2 Å². The first-order valence-electron chi connectivity index (χ1n) is 17.3. The topological polar surface area (TPSA) is 112 Å². The third-order valence-corrected chi connectivity index (χ3v) is 9.02. The number of para-hydroxylation sites is 1. The number of piperidine rings is 1. The Morgan fingerprint density at radius 1 is 0.922 bits per heavy atom. The molecule has 2 heterocycles. The van der Waals surface area contributed by atoms with Crippen LogP contribution in [-0.2, 0) is 17.9 Å². The van der Waals surface area contributed by atoms with E-state index in [1.807, 2.05) is 55.5 Å². The van der Waals surface area contributed by atoms with Crippen LogP contribution in [-0.4, -0.2) is 78.5 Å². The molecule has 0 saturated carbocycles. The fourth-order valence-corrected chi connectivity index (χ4v) is 6.47. The van der Waals surface area contributed by atoms with Crippen molar-refractivity contribution in [1.29, 1.82) is 0 Å². The lowest BCUT2D eigenvalue weighted by molar-refractivity contribution is 0.0794. The molecule has 3 amide bonds. The van der Waals surface area contributed by atoms with E-state index in [9.17, 15) is 14.7 Å². The zero-order chi connectivity index (χ0) is 35.9. The molecule has 0 aliphatic carbocycles. The second-order valence-electron chi connectivity index (χ2n) is 13.0. The first kappa shape index (κ1) is 35.6. The number of hydrazine groups is 1. The van der Waals surface area contributed by atoms with E-state index in [0.29, 0.717) is 35.9 Å². The Morgan fingerprint density at radius 2 is 1.65 bits per heavy atom. The molecule has 11 nitrogen and oxygen atoms in total. The second-order valence-corrected chi connectivity index (χ2v) is 13.0. The SMILES string of the molecule is CCN(C(=O)c1ccc(-n2cc(CN3CCC(O)CC3)c3ccccc32)cc1)c1ccc(Oc2ccc(NC(=O)NN(C)C)cc2)c(COC)c1. The smallest absolute Gasteiger partial charge is 0.333 e. The van der Waals surface area contributed by atoms with E-state index in [-0.39, 0.29) is 18.0 Å². The Bertz CT molecular complexity index is 1950. The number of nitrogens with one attached hydrogen (secondary N) is 2. The van der Waals surface area contributed by atoms with E-state index in [0.717, 1.165) is 54.9 Å². The average Bonchev–Trinajstić information content (AvgIpc) is 3.49. The predicted molar refractivity (Wildman–Crippen MR) is 201 cm³/mol. The highest BCUT2D eigenvalue weighted by Crippen LogP contribution is 2.32. The van der Waals surface area contributed by atoms with Gasteiger partial charge in [-0.05, 0) is 98.1 Å². The second kappa shape index (κ2) is 16.2. The number of carbonyl (C=O) groups is 2. The van der Waals surface area contributed by atoms with Crippen molar-refractivity contribution < 1.29 is 24.2 Å². The number of urea groups is 1. The largest absolute Gasteiger partial charge is 0.457 e. The van der Waals surface area contributed by atoms with Gasteiger partial charge in [0.25, 0.3) is 5.91 Å². The molecule has 1 saturated heterocycles. The van der Waals surface area contributed by atoms with Gasteiger partial charge in [0, 0.05) is 87.2 Å². The van der Waals surface area contributed by atoms with Gasteiger partial charge in [-0.3, -0.25) is 15.1 Å². The number of aliphatic hydroxyl groups is 1. The van der Waals surface area contributed by atoms with Crippen LogP contribution in [0.1, 0.15) is 41.3 Å². The van der Waals surface area contributed by atoms with Gasteiger partial charge in [-0.25, -0.2) is 9.80 Å². The maximum atomic E-state index is 13.9. The lowest BCUT2D eigenvalue weighted by atomic mass is 10.1. The molecular formula is C40H46N6O5. The standard InChI is InChI=1S/C40H46N6O5/c1-5-45(33-16-19-38(29(24-33)27-50-4)51-35-17-12-31(13-18-35)41-40(49)42-43(2)3)39(48)28-10-14-32(15-11-28)46-26-30(36-8-6-7-9-37(36)46)25-44-22-20-34(47)21-23-44/h6-19,24,26,34,47H,5,20-23,25,27H2,1-4H3,(H2,41,42,49). The summed E-state index contributed by atoms with van der Waals surface area (Å²) in [4.78, 5) is 30.0. The number of nitrogens with zero attached hydrogens (tertiary/aromatic N) is 4. The minimum atomic E-state index is -0.340. The van der Waals surface area contributed by atoms with Gasteiger partial charge in [0.1, 0.15) is 11.5 Å². The van der Waals surface area contributed by atoms with Gasteiger partial charge in [-0.15, -0.1) is 0 Å². The van der Waals surface area contributed by atoms with Crippen LogP contribution in [0.5, 0.6) is 11.5 Å². The normalized spacial score (nSPS) is 13.8. The summed E-state index contributed by atoms with van der Waals surface area (Å²) in [5.74, 6) is 1.10. The van der Waals surface area contributed by atoms with Gasteiger partial charge in [0.05, 0.1) is 18.2 Å². The summed E-state index contributed by atoms with van der Waals surface area (Å²) in [5, 5.41) is 15.5. The number of hydrogen-bond acceptors (Lipinski definition) is 7. The summed E-state index contributed by atoms with van der Waals surface area (Å²) < 4.78 is 13.9. The number of ether oxygens (including phenoxy) is 2. The van der Waals surface area contributed by atoms with E-state index < -0.39 is 0 Å². The number of aliphatic hydroxyl groups excluding tert-OH is 1. The van der Waals surface area contributed by atoms with Crippen molar-refractivity contribution in [2.24, 2.45) is 0 Å². The third-order valence-electron chi connectivity index (χ3n) is 9.02. The Morgan fingerprint density at radius 3 is 2.33 bits per heavy atom. The molecule has 0 bridgehead atoms. The fourth-order valence-electron chi connectivity index (χ4n) is 6.47. The van der Waals surface area contributed by atoms with Crippen LogP contribution in [0.2, 0.25) is 0 Å². The van der Waals surface area contributed by atoms with Crippen LogP contribution in [0.3, 0.4) is 0 Å². The fraction of sp³-hybridized carbons (Fsp3) is 0.300. The molecule has 1 aliphatic rings. The highest BCUT2D eigenvalue weighted by molar-refractivity contribution is 6.06. The van der Waals surface area contributed by atoms with Crippen molar-refractivity contribution in [2.75, 3.05) is 51.1 Å². The number of anilines is 2. The molecule has 3 N–H and O–H groups in total. The first-order chi connectivity index (χ1) is 24.7. The summed E-state index contributed by atoms with van der Waals surface area (Å²) in [6, 6.07) is 28.6. The molecule has 11 heteroatoms. The summed E-state index contributed by atoms with van der Waals surface area (Å²) in [6.45, 7) is 5.33. The van der Waals surface area contributed by atoms with E-state index in [1.165, 1.54) is 10.9 Å². The van der Waals surface area contributed by atoms with Crippen molar-refractivity contribution in [3.8, 4) is 17.2 Å². The molecule has 1 aliphatic heterocycles. The molecule has 0 unspecified atom stereocenters. The number of likely N-dealkylation sites (tertiary alicyclic amines) is 1. The first-order valence-corrected chi connectivity index (χ1v) is 17.3. The number of amides is 3. The maximum absolute atomic E-state index is 13.9. The zero-order valence-electron chi connectivity index (χ0n) is 29.6. The molecule has 6 rings (SSSR count). The van der Waals surface area contributed by atoms with Gasteiger partial charge in [0.2, 0.25) is 0 Å². The summed E-state index contributed by atoms with van der Waals surface area (Å²) in [7, 11) is 5.09. The molecule has 4 aromatic carbocycles. The monoisotopic (exact) mass is 690 g/mol. The molecule has 5 aromatic rings. The van der Waals surface area contributed by atoms with Gasteiger partial charge >= 0.3 is 6.03 Å². The molecule has 1 aromatic heterocycles. The summed E-state index contributed by atoms with van der Waals surface area (Å²) in [5.41, 5.74) is 8.73. The zero-order valence-corrected chi connectivity index (χ0v) is 29.6. The molecule has 0 spiro atoms. The van der Waals surface area contributed by atoms with Gasteiger partial charge < -0.3 is 29.4 Å². The number of aromatic nitrogens is 1. The maximum Gasteiger partial charge on any atom is 0.333 e. The number of carbonyl (C=O) groups excluding carboxylic acids is 2. The van der Waals surface area contributed by atoms with E-state index in [4.69, 9.17) is 9.47 Å². The van der Waals surface area contributed by atoms with Crippen LogP contribution < -0.4 is 20.4 Å². The molecule has 51 heavy (non-hydrogen) atoms. The van der Waals surface area contributed by atoms with Gasteiger partial charge in [0.15, 0.2) is 0 Å². The Balaban J connectivity index is 1.17. The van der Waals surface area contributed by atoms with E-state index in [2.05, 4.69) is 44.6 Å². The molecule has 1 fully saturated rings. The number of fused-ring (bicyclic) bond motifs is 1. The minimum Gasteiger partial charge on any atom is -0.457 e. The minimum absolute atomic E-state index is 0.104. The number of methoxy groups -OCH3 is 1. The van der Waals surface area contributed by atoms with Crippen molar-refractivity contribution in [2.45, 2.75) is 39.0 Å². The van der Waals surface area contributed by atoms with E-state index >= 15 is 0 Å². The highest BCUT2D eigenvalue weighted by atomic mass is 16.5. The van der Waals surface area contributed by atoms with Crippen LogP contribution in [0.15, 0.2) is 97.2 Å². The Hall–Kier alpha value is -5.20. The van der Waals surface area contributed by atoms with Crippen molar-refractivity contribution in [3.63, 3.8) is 0 Å². The van der Waals surface area contributed by atoms with Crippen molar-refractivity contribution in [3.05, 3.63) is 114 Å². The predicted octanol–water partition coefficient (Wildman–Crippen LogP) is 6.79. The van der Waals surface area contributed by atoms with Gasteiger partial charge in [-0.2, -0.15) is 0 Å². The number of hydrogen-bond donors (Lipinski definition) is 3. The van der Waals surface area contributed by atoms with Crippen LogP contribution in [0, 0.1) is 0 Å². The molecule has 0 radical (unpaired) electrons. The molecule has 0 atom stereocenters. The average molecular weight is 691 g/mol. The highest BCUT2D eigenvalue weighted by Gasteiger charge is 2.21. The van der Waals surface area contributed by atoms with Gasteiger partial charge in [-0.1, -0.05) is 18.2 Å². The van der Waals surface area contributed by atoms with Crippen molar-refractivity contribution in [1.82, 2.24) is 19.9 Å². The Kier molecular flexibility index (Phi) is 11.3. The van der Waals surface area contributed by atoms with E-state index in [1.54, 1.807) is 55.4 Å². The van der Waals surface area contributed by atoms with Crippen LogP contribution >= 0.6 is 0 Å².